The van der Waals surface area contributed by atoms with E-state index in [1.807, 2.05) is 37.3 Å². The molecule has 0 aliphatic rings. The Labute approximate surface area is 257 Å². The molecule has 0 saturated heterocycles. The van der Waals surface area contributed by atoms with Crippen molar-refractivity contribution in [3.05, 3.63) is 130 Å². The van der Waals surface area contributed by atoms with Gasteiger partial charge in [0.1, 0.15) is 18.4 Å². The van der Waals surface area contributed by atoms with E-state index >= 15 is 0 Å². The summed E-state index contributed by atoms with van der Waals surface area (Å²) in [5.74, 6) is -1.49. The van der Waals surface area contributed by atoms with E-state index in [2.05, 4.69) is 5.32 Å². The number of nitrogens with one attached hydrogen (secondary N) is 1. The van der Waals surface area contributed by atoms with Crippen LogP contribution >= 0.6 is 11.6 Å². The largest absolute Gasteiger partial charge is 0.357 e. The highest BCUT2D eigenvalue weighted by molar-refractivity contribution is 7.92. The van der Waals surface area contributed by atoms with E-state index in [0.717, 1.165) is 15.4 Å². The molecular weight excluding hydrogens is 589 g/mol. The third-order valence-electron chi connectivity index (χ3n) is 7.18. The fraction of sp³-hybridized carbons (Fsp3) is 0.212. The molecule has 1 N–H and O–H groups in total. The molecular formula is C33H33ClFN3O4S. The Bertz CT molecular complexity index is 1680. The first-order chi connectivity index (χ1) is 20.5. The molecule has 0 aromatic heterocycles. The van der Waals surface area contributed by atoms with Gasteiger partial charge in [0.25, 0.3) is 10.0 Å². The maximum absolute atomic E-state index is 14.3. The number of sulfonamides is 1. The lowest BCUT2D eigenvalue weighted by Gasteiger charge is -2.34. The van der Waals surface area contributed by atoms with E-state index in [4.69, 9.17) is 11.6 Å². The molecule has 7 nitrogen and oxygen atoms in total. The predicted molar refractivity (Wildman–Crippen MR) is 167 cm³/mol. The Hall–Kier alpha value is -4.21. The minimum atomic E-state index is -4.25. The van der Waals surface area contributed by atoms with Crippen LogP contribution in [0.25, 0.3) is 0 Å². The SMILES string of the molecule is CNC(=O)[C@@H](Cc1ccccc1)N(Cc1ccc(F)cc1)C(=O)CN(c1cccc(Cl)c1C)S(=O)(=O)c1ccc(C)cc1. The summed E-state index contributed by atoms with van der Waals surface area (Å²) in [6.45, 7) is 2.86. The summed E-state index contributed by atoms with van der Waals surface area (Å²) in [5, 5.41) is 2.97. The number of amides is 2. The van der Waals surface area contributed by atoms with Gasteiger partial charge < -0.3 is 10.2 Å². The minimum absolute atomic E-state index is 0.00231. The molecule has 0 radical (unpaired) electrons. The number of likely N-dealkylation sites (N-methyl/N-ethyl adjacent to an activating group) is 1. The molecule has 4 rings (SSSR count). The fourth-order valence-corrected chi connectivity index (χ4v) is 6.37. The highest BCUT2D eigenvalue weighted by Gasteiger charge is 2.35. The second-order valence-corrected chi connectivity index (χ2v) is 12.4. The zero-order valence-corrected chi connectivity index (χ0v) is 25.7. The van der Waals surface area contributed by atoms with Crippen LogP contribution in [0.1, 0.15) is 22.3 Å². The van der Waals surface area contributed by atoms with Crippen molar-refractivity contribution in [2.24, 2.45) is 0 Å². The number of hydrogen-bond donors (Lipinski definition) is 1. The van der Waals surface area contributed by atoms with Gasteiger partial charge in [-0.1, -0.05) is 77.8 Å². The summed E-state index contributed by atoms with van der Waals surface area (Å²) in [7, 11) is -2.77. The zero-order chi connectivity index (χ0) is 31.1. The molecule has 2 amide bonds. The van der Waals surface area contributed by atoms with E-state index in [9.17, 15) is 22.4 Å². The normalized spacial score (nSPS) is 11.9. The number of hydrogen-bond acceptors (Lipinski definition) is 4. The fourth-order valence-electron chi connectivity index (χ4n) is 4.72. The molecule has 0 unspecified atom stereocenters. The van der Waals surface area contributed by atoms with Crippen molar-refractivity contribution in [3.8, 4) is 0 Å². The van der Waals surface area contributed by atoms with Gasteiger partial charge in [-0.15, -0.1) is 0 Å². The molecule has 4 aromatic rings. The highest BCUT2D eigenvalue weighted by atomic mass is 35.5. The van der Waals surface area contributed by atoms with Crippen LogP contribution in [0, 0.1) is 19.7 Å². The second-order valence-electron chi connectivity index (χ2n) is 10.2. The van der Waals surface area contributed by atoms with Crippen LogP contribution in [0.5, 0.6) is 0 Å². The average Bonchev–Trinajstić information content (AvgIpc) is 3.00. The summed E-state index contributed by atoms with van der Waals surface area (Å²) in [6.07, 6.45) is 0.175. The lowest BCUT2D eigenvalue weighted by atomic mass is 10.0. The van der Waals surface area contributed by atoms with Crippen LogP contribution in [0.4, 0.5) is 10.1 Å². The van der Waals surface area contributed by atoms with Crippen LogP contribution in [0.15, 0.2) is 102 Å². The van der Waals surface area contributed by atoms with Gasteiger partial charge in [-0.05, 0) is 66.9 Å². The van der Waals surface area contributed by atoms with Gasteiger partial charge >= 0.3 is 0 Å². The van der Waals surface area contributed by atoms with E-state index < -0.39 is 40.2 Å². The van der Waals surface area contributed by atoms with Crippen LogP contribution in [-0.2, 0) is 32.6 Å². The maximum Gasteiger partial charge on any atom is 0.264 e. The van der Waals surface area contributed by atoms with Crippen LogP contribution in [-0.4, -0.2) is 44.8 Å². The van der Waals surface area contributed by atoms with Gasteiger partial charge in [-0.25, -0.2) is 12.8 Å². The number of carbonyl (C=O) groups excluding carboxylic acids is 2. The molecule has 0 aliphatic heterocycles. The molecule has 224 valence electrons. The molecule has 0 fully saturated rings. The summed E-state index contributed by atoms with van der Waals surface area (Å²) in [4.78, 5) is 29.0. The van der Waals surface area contributed by atoms with Crippen molar-refractivity contribution in [1.29, 1.82) is 0 Å². The van der Waals surface area contributed by atoms with Crippen molar-refractivity contribution in [2.45, 2.75) is 37.8 Å². The number of benzene rings is 4. The predicted octanol–water partition coefficient (Wildman–Crippen LogP) is 5.68. The molecule has 43 heavy (non-hydrogen) atoms. The number of rotatable bonds is 11. The Balaban J connectivity index is 1.81. The molecule has 0 saturated carbocycles. The number of aryl methyl sites for hydroxylation is 1. The van der Waals surface area contributed by atoms with Crippen LogP contribution < -0.4 is 9.62 Å². The Kier molecular flexibility index (Phi) is 10.2. The Morgan fingerprint density at radius 2 is 1.51 bits per heavy atom. The number of anilines is 1. The first-order valence-corrected chi connectivity index (χ1v) is 15.5. The lowest BCUT2D eigenvalue weighted by Crippen LogP contribution is -2.53. The summed E-state index contributed by atoms with van der Waals surface area (Å²) in [6, 6.07) is 25.0. The van der Waals surface area contributed by atoms with Crippen molar-refractivity contribution in [3.63, 3.8) is 0 Å². The van der Waals surface area contributed by atoms with Crippen molar-refractivity contribution < 1.29 is 22.4 Å². The monoisotopic (exact) mass is 621 g/mol. The highest BCUT2D eigenvalue weighted by Crippen LogP contribution is 2.31. The van der Waals surface area contributed by atoms with Crippen molar-refractivity contribution >= 4 is 39.1 Å². The summed E-state index contributed by atoms with van der Waals surface area (Å²) >= 11 is 6.39. The van der Waals surface area contributed by atoms with Crippen LogP contribution in [0.2, 0.25) is 5.02 Å². The van der Waals surface area contributed by atoms with Gasteiger partial charge in [0, 0.05) is 25.0 Å². The molecule has 1 atom stereocenters. The van der Waals surface area contributed by atoms with E-state index in [-0.39, 0.29) is 23.5 Å². The Morgan fingerprint density at radius 1 is 0.860 bits per heavy atom. The van der Waals surface area contributed by atoms with Gasteiger partial charge in [0.05, 0.1) is 10.6 Å². The molecule has 0 heterocycles. The van der Waals surface area contributed by atoms with Crippen molar-refractivity contribution in [1.82, 2.24) is 10.2 Å². The van der Waals surface area contributed by atoms with E-state index in [0.29, 0.717) is 16.1 Å². The lowest BCUT2D eigenvalue weighted by molar-refractivity contribution is -0.139. The van der Waals surface area contributed by atoms with Gasteiger partial charge in [-0.3, -0.25) is 13.9 Å². The minimum Gasteiger partial charge on any atom is -0.357 e. The van der Waals surface area contributed by atoms with Gasteiger partial charge in [0.15, 0.2) is 0 Å². The molecule has 0 spiro atoms. The first kappa shape index (κ1) is 31.7. The first-order valence-electron chi connectivity index (χ1n) is 13.6. The zero-order valence-electron chi connectivity index (χ0n) is 24.1. The standard InChI is InChI=1S/C33H33ClFN3O4S/c1-23-12-18-28(19-13-23)43(41,42)38(30-11-7-10-29(34)24(30)2)22-32(39)37(21-26-14-16-27(35)17-15-26)31(33(40)36-3)20-25-8-5-4-6-9-25/h4-19,31H,20-22H2,1-3H3,(H,36,40)/t31-/m1/s1. The third kappa shape index (κ3) is 7.60. The second kappa shape index (κ2) is 13.8. The molecule has 10 heteroatoms. The van der Waals surface area contributed by atoms with Crippen molar-refractivity contribution in [2.75, 3.05) is 17.9 Å². The topological polar surface area (TPSA) is 86.8 Å². The number of carbonyl (C=O) groups is 2. The van der Waals surface area contributed by atoms with E-state index in [1.54, 1.807) is 37.3 Å². The number of nitrogens with zero attached hydrogens (tertiary/aromatic N) is 2. The summed E-state index contributed by atoms with van der Waals surface area (Å²) in [5.41, 5.74) is 2.97. The Morgan fingerprint density at radius 3 is 2.14 bits per heavy atom. The number of halogens is 2. The van der Waals surface area contributed by atoms with Crippen LogP contribution in [0.3, 0.4) is 0 Å². The molecule has 0 aliphatic carbocycles. The van der Waals surface area contributed by atoms with E-state index in [1.165, 1.54) is 48.3 Å². The third-order valence-corrected chi connectivity index (χ3v) is 9.36. The van der Waals surface area contributed by atoms with Gasteiger partial charge in [-0.2, -0.15) is 0 Å². The molecule has 4 aromatic carbocycles. The quantitative estimate of drug-likeness (QED) is 0.234. The smallest absolute Gasteiger partial charge is 0.264 e. The maximum atomic E-state index is 14.3. The molecule has 0 bridgehead atoms. The van der Waals surface area contributed by atoms with Gasteiger partial charge in [0.2, 0.25) is 11.8 Å². The summed E-state index contributed by atoms with van der Waals surface area (Å²) < 4.78 is 43.0. The average molecular weight is 622 g/mol.